The lowest BCUT2D eigenvalue weighted by Gasteiger charge is -2.27. The summed E-state index contributed by atoms with van der Waals surface area (Å²) in [5.74, 6) is 1.60. The van der Waals surface area contributed by atoms with Crippen LogP contribution in [-0.4, -0.2) is 14.7 Å². The molecule has 5 nitrogen and oxygen atoms in total. The van der Waals surface area contributed by atoms with Crippen molar-refractivity contribution in [1.82, 2.24) is 14.9 Å². The van der Waals surface area contributed by atoms with Gasteiger partial charge in [-0.05, 0) is 79.3 Å². The third-order valence-corrected chi connectivity index (χ3v) is 5.98. The minimum Gasteiger partial charge on any atom is -0.457 e. The van der Waals surface area contributed by atoms with Gasteiger partial charge in [0.15, 0.2) is 5.11 Å². The zero-order valence-electron chi connectivity index (χ0n) is 18.0. The van der Waals surface area contributed by atoms with Crippen LogP contribution in [0.1, 0.15) is 28.9 Å². The van der Waals surface area contributed by atoms with Crippen LogP contribution in [0.3, 0.4) is 0 Å². The van der Waals surface area contributed by atoms with Crippen molar-refractivity contribution in [2.75, 3.05) is 4.90 Å². The maximum absolute atomic E-state index is 6.00. The van der Waals surface area contributed by atoms with Gasteiger partial charge in [0, 0.05) is 31.3 Å². The Kier molecular flexibility index (Phi) is 5.37. The largest absolute Gasteiger partial charge is 0.457 e. The quantitative estimate of drug-likeness (QED) is 0.403. The average Bonchev–Trinajstić information content (AvgIpc) is 3.39. The first-order chi connectivity index (χ1) is 15.6. The molecule has 160 valence electrons. The molecule has 2 aromatic heterocycles. The molecule has 0 unspecified atom stereocenters. The van der Waals surface area contributed by atoms with Gasteiger partial charge in [0.1, 0.15) is 11.5 Å². The van der Waals surface area contributed by atoms with Crippen molar-refractivity contribution >= 4 is 23.0 Å². The minimum atomic E-state index is -0.0467. The van der Waals surface area contributed by atoms with Crippen LogP contribution in [-0.2, 0) is 7.05 Å². The van der Waals surface area contributed by atoms with Gasteiger partial charge in [-0.3, -0.25) is 4.98 Å². The van der Waals surface area contributed by atoms with Gasteiger partial charge < -0.3 is 19.5 Å². The van der Waals surface area contributed by atoms with Gasteiger partial charge in [-0.1, -0.05) is 23.8 Å². The van der Waals surface area contributed by atoms with Gasteiger partial charge in [0.2, 0.25) is 0 Å². The summed E-state index contributed by atoms with van der Waals surface area (Å²) in [7, 11) is 2.03. The highest BCUT2D eigenvalue weighted by Gasteiger charge is 2.40. The maximum Gasteiger partial charge on any atom is 0.174 e. The first-order valence-electron chi connectivity index (χ1n) is 10.6. The number of rotatable bonds is 5. The lowest BCUT2D eigenvalue weighted by molar-refractivity contribution is 0.482. The van der Waals surface area contributed by atoms with Crippen LogP contribution < -0.4 is 15.0 Å². The van der Waals surface area contributed by atoms with E-state index < -0.39 is 0 Å². The Morgan fingerprint density at radius 1 is 0.938 bits per heavy atom. The molecule has 1 aliphatic rings. The molecule has 6 heteroatoms. The monoisotopic (exact) mass is 440 g/mol. The number of aromatic nitrogens is 2. The fraction of sp³-hybridized carbons (Fsp3) is 0.154. The molecule has 2 aromatic carbocycles. The van der Waals surface area contributed by atoms with Crippen molar-refractivity contribution < 1.29 is 4.74 Å². The van der Waals surface area contributed by atoms with E-state index in [1.54, 1.807) is 0 Å². The van der Waals surface area contributed by atoms with Gasteiger partial charge in [-0.15, -0.1) is 0 Å². The highest BCUT2D eigenvalue weighted by Crippen LogP contribution is 2.41. The van der Waals surface area contributed by atoms with Crippen LogP contribution >= 0.6 is 12.2 Å². The molecule has 3 heterocycles. The average molecular weight is 441 g/mol. The highest BCUT2D eigenvalue weighted by atomic mass is 32.1. The Morgan fingerprint density at radius 2 is 1.66 bits per heavy atom. The number of ether oxygens (including phenoxy) is 1. The Labute approximate surface area is 193 Å². The fourth-order valence-corrected chi connectivity index (χ4v) is 4.43. The normalized spacial score (nSPS) is 17.9. The van der Waals surface area contributed by atoms with E-state index in [0.29, 0.717) is 5.11 Å². The molecule has 0 amide bonds. The van der Waals surface area contributed by atoms with E-state index >= 15 is 0 Å². The predicted octanol–water partition coefficient (Wildman–Crippen LogP) is 5.70. The number of hydrogen-bond acceptors (Lipinski definition) is 3. The number of aryl methyl sites for hydroxylation is 2. The molecule has 0 bridgehead atoms. The lowest BCUT2D eigenvalue weighted by Crippen LogP contribution is -2.29. The highest BCUT2D eigenvalue weighted by molar-refractivity contribution is 7.80. The fourth-order valence-electron chi connectivity index (χ4n) is 4.09. The molecule has 0 saturated carbocycles. The third-order valence-electron chi connectivity index (χ3n) is 5.67. The summed E-state index contributed by atoms with van der Waals surface area (Å²) in [6.07, 6.45) is 6.02. The molecular weight excluding hydrogens is 416 g/mol. The van der Waals surface area contributed by atoms with E-state index in [4.69, 9.17) is 17.0 Å². The van der Waals surface area contributed by atoms with Crippen molar-refractivity contribution in [3.8, 4) is 11.5 Å². The van der Waals surface area contributed by atoms with Gasteiger partial charge in [-0.25, -0.2) is 0 Å². The summed E-state index contributed by atoms with van der Waals surface area (Å²) in [6, 6.07) is 24.2. The third kappa shape index (κ3) is 3.97. The first-order valence-corrected chi connectivity index (χ1v) is 11.0. The van der Waals surface area contributed by atoms with Crippen molar-refractivity contribution in [2.45, 2.75) is 19.0 Å². The topological polar surface area (TPSA) is 42.3 Å². The molecule has 1 aliphatic heterocycles. The number of thiocarbonyl (C=S) groups is 1. The van der Waals surface area contributed by atoms with Crippen molar-refractivity contribution in [3.63, 3.8) is 0 Å². The Balaban J connectivity index is 1.46. The smallest absolute Gasteiger partial charge is 0.174 e. The molecule has 32 heavy (non-hydrogen) atoms. The second-order valence-electron chi connectivity index (χ2n) is 8.02. The molecular formula is C26H24N4OS. The van der Waals surface area contributed by atoms with E-state index in [1.165, 1.54) is 11.1 Å². The van der Waals surface area contributed by atoms with Crippen LogP contribution in [0, 0.1) is 6.92 Å². The van der Waals surface area contributed by atoms with Crippen molar-refractivity contribution in [2.24, 2.45) is 7.05 Å². The molecule has 5 rings (SSSR count). The summed E-state index contributed by atoms with van der Waals surface area (Å²) in [4.78, 5) is 6.76. The summed E-state index contributed by atoms with van der Waals surface area (Å²) >= 11 is 5.78. The molecule has 4 aromatic rings. The molecule has 1 fully saturated rings. The summed E-state index contributed by atoms with van der Waals surface area (Å²) in [5, 5.41) is 4.17. The molecule has 0 aliphatic carbocycles. The maximum atomic E-state index is 6.00. The van der Waals surface area contributed by atoms with Gasteiger partial charge >= 0.3 is 0 Å². The van der Waals surface area contributed by atoms with E-state index in [-0.39, 0.29) is 12.1 Å². The lowest BCUT2D eigenvalue weighted by atomic mass is 9.98. The summed E-state index contributed by atoms with van der Waals surface area (Å²) in [5.41, 5.74) is 4.35. The second-order valence-corrected chi connectivity index (χ2v) is 8.40. The number of nitrogens with one attached hydrogen (secondary N) is 1. The van der Waals surface area contributed by atoms with E-state index in [1.807, 2.05) is 80.0 Å². The zero-order chi connectivity index (χ0) is 22.1. The van der Waals surface area contributed by atoms with Crippen LogP contribution in [0.15, 0.2) is 91.4 Å². The SMILES string of the molecule is Cc1ccc(Oc2ccc(N3C(=S)N[C@@H](c4ccccn4)[C@@H]3c3ccn(C)c3)cc2)cc1. The summed E-state index contributed by atoms with van der Waals surface area (Å²) < 4.78 is 8.06. The molecule has 0 radical (unpaired) electrons. The van der Waals surface area contributed by atoms with Crippen LogP contribution in [0.25, 0.3) is 0 Å². The first kappa shape index (κ1) is 20.3. The van der Waals surface area contributed by atoms with Crippen LogP contribution in [0.2, 0.25) is 0 Å². The summed E-state index contributed by atoms with van der Waals surface area (Å²) in [6.45, 7) is 2.06. The molecule has 1 saturated heterocycles. The molecule has 1 N–H and O–H groups in total. The number of pyridine rings is 1. The van der Waals surface area contributed by atoms with Crippen LogP contribution in [0.5, 0.6) is 11.5 Å². The number of benzene rings is 2. The van der Waals surface area contributed by atoms with E-state index in [0.717, 1.165) is 22.9 Å². The van der Waals surface area contributed by atoms with Gasteiger partial charge in [0.25, 0.3) is 0 Å². The number of hydrogen-bond donors (Lipinski definition) is 1. The predicted molar refractivity (Wildman–Crippen MR) is 131 cm³/mol. The Bertz CT molecular complexity index is 1220. The van der Waals surface area contributed by atoms with Crippen molar-refractivity contribution in [3.05, 3.63) is 108 Å². The molecule has 2 atom stereocenters. The van der Waals surface area contributed by atoms with Gasteiger partial charge in [0.05, 0.1) is 17.8 Å². The number of anilines is 1. The Hall–Kier alpha value is -3.64. The Morgan fingerprint density at radius 3 is 2.28 bits per heavy atom. The van der Waals surface area contributed by atoms with Crippen molar-refractivity contribution in [1.29, 1.82) is 0 Å². The molecule has 0 spiro atoms. The van der Waals surface area contributed by atoms with Crippen LogP contribution in [0.4, 0.5) is 5.69 Å². The standard InChI is InChI=1S/C26H24N4OS/c1-18-6-10-21(11-7-18)31-22-12-8-20(9-13-22)30-25(19-14-16-29(2)17-19)24(28-26(30)32)23-5-3-4-15-27-23/h3-17,24-25H,1-2H3,(H,28,32)/t24-,25-/m0/s1. The number of nitrogens with zero attached hydrogens (tertiary/aromatic N) is 3. The van der Waals surface area contributed by atoms with E-state index in [9.17, 15) is 0 Å². The zero-order valence-corrected chi connectivity index (χ0v) is 18.8. The van der Waals surface area contributed by atoms with Gasteiger partial charge in [-0.2, -0.15) is 0 Å². The van der Waals surface area contributed by atoms with E-state index in [2.05, 4.69) is 45.2 Å². The second kappa shape index (κ2) is 8.48. The minimum absolute atomic E-state index is 0.0116.